The van der Waals surface area contributed by atoms with Crippen molar-refractivity contribution in [3.8, 4) is 0 Å². The number of hydrogen-bond donors (Lipinski definition) is 6. The van der Waals surface area contributed by atoms with Gasteiger partial charge in [0, 0.05) is 24.0 Å². The lowest BCUT2D eigenvalue weighted by atomic mass is 9.45. The fourth-order valence-electron chi connectivity index (χ4n) is 8.93. The summed E-state index contributed by atoms with van der Waals surface area (Å²) in [6.45, 7) is 6.66. The molecule has 13 heteroatoms. The average Bonchev–Trinajstić information content (AvgIpc) is 3.26. The van der Waals surface area contributed by atoms with Gasteiger partial charge in [-0.3, -0.25) is 24.0 Å². The summed E-state index contributed by atoms with van der Waals surface area (Å²) in [5.74, 6) is -4.45. The van der Waals surface area contributed by atoms with Crippen molar-refractivity contribution in [1.82, 2.24) is 10.6 Å². The quantitative estimate of drug-likeness (QED) is 0.132. The highest BCUT2D eigenvalue weighted by Crippen LogP contribution is 2.67. The average molecular weight is 665 g/mol. The van der Waals surface area contributed by atoms with E-state index < -0.39 is 65.3 Å². The van der Waals surface area contributed by atoms with Crippen LogP contribution in [-0.2, 0) is 33.5 Å². The maximum Gasteiger partial charge on any atom is 0.327 e. The van der Waals surface area contributed by atoms with Gasteiger partial charge in [-0.25, -0.2) is 4.79 Å². The van der Waals surface area contributed by atoms with E-state index in [1.807, 2.05) is 6.92 Å². The van der Waals surface area contributed by atoms with E-state index in [9.17, 15) is 39.0 Å². The van der Waals surface area contributed by atoms with Crippen molar-refractivity contribution >= 4 is 47.9 Å². The number of nitrogens with one attached hydrogen (secondary N) is 2. The predicted molar refractivity (Wildman–Crippen MR) is 168 cm³/mol. The zero-order valence-electron chi connectivity index (χ0n) is 27.0. The Bertz CT molecular complexity index is 1300. The summed E-state index contributed by atoms with van der Waals surface area (Å²) in [7, 11) is 0. The van der Waals surface area contributed by atoms with Crippen molar-refractivity contribution in [2.75, 3.05) is 12.4 Å². The number of ether oxygens (including phenoxy) is 1. The Balaban J connectivity index is 1.33. The number of aliphatic hydroxyl groups excluding tert-OH is 1. The van der Waals surface area contributed by atoms with Crippen molar-refractivity contribution in [2.45, 2.75) is 109 Å². The van der Waals surface area contributed by atoms with Gasteiger partial charge in [-0.05, 0) is 73.7 Å². The molecule has 4 aliphatic carbocycles. The molecule has 0 heterocycles. The third-order valence-corrected chi connectivity index (χ3v) is 11.9. The van der Waals surface area contributed by atoms with Crippen LogP contribution in [0.2, 0.25) is 0 Å². The van der Waals surface area contributed by atoms with E-state index in [1.54, 1.807) is 19.9 Å². The third kappa shape index (κ3) is 6.64. The van der Waals surface area contributed by atoms with Crippen LogP contribution < -0.4 is 10.6 Å². The first-order chi connectivity index (χ1) is 21.5. The number of ketones is 2. The molecule has 0 aromatic rings. The Morgan fingerprint density at radius 2 is 1.76 bits per heavy atom. The molecule has 0 saturated heterocycles. The predicted octanol–water partition coefficient (Wildman–Crippen LogP) is 1.75. The van der Waals surface area contributed by atoms with Crippen LogP contribution >= 0.6 is 12.6 Å². The number of fused-ring (bicyclic) bond motifs is 5. The highest BCUT2D eigenvalue weighted by atomic mass is 32.1. The summed E-state index contributed by atoms with van der Waals surface area (Å²) in [4.78, 5) is 74.5. The molecule has 0 aromatic carbocycles. The zero-order chi connectivity index (χ0) is 34.2. The molecule has 256 valence electrons. The van der Waals surface area contributed by atoms with Crippen LogP contribution in [0.25, 0.3) is 0 Å². The molecule has 0 aromatic heterocycles. The summed E-state index contributed by atoms with van der Waals surface area (Å²) in [5.41, 5.74) is -1.91. The Morgan fingerprint density at radius 1 is 1.07 bits per heavy atom. The summed E-state index contributed by atoms with van der Waals surface area (Å²) in [6.07, 6.45) is 3.94. The molecule has 0 spiro atoms. The molecular weight excluding hydrogens is 616 g/mol. The van der Waals surface area contributed by atoms with E-state index in [4.69, 9.17) is 9.84 Å². The molecule has 0 bridgehead atoms. The number of rotatable bonds is 12. The molecule has 5 N–H and O–H groups in total. The van der Waals surface area contributed by atoms with Gasteiger partial charge >= 0.3 is 11.9 Å². The monoisotopic (exact) mass is 664 g/mol. The Kier molecular flexibility index (Phi) is 10.8. The standard InChI is InChI=1S/C33H48N2O10S/c1-17(2)28(29(41)34-22(16-46)30(42)43)35-25(39)7-8-26(40)45-15-24(38)33(44)12-10-21-20-6-5-18-13-19(36)9-11-31(18,3)27(20)23(37)14-32(21,33)4/h13,17,20-23,27-28,37,44,46H,5-12,14-16H2,1-4H3,(H,34,41)(H,35,39)(H,42,43)/t20-,21-,22-,23-,27+,28+,31-,32-,33-/m0/s1. The summed E-state index contributed by atoms with van der Waals surface area (Å²) in [5, 5.41) is 37.4. The molecule has 4 rings (SSSR count). The molecule has 9 atom stereocenters. The highest BCUT2D eigenvalue weighted by molar-refractivity contribution is 7.80. The van der Waals surface area contributed by atoms with Gasteiger partial charge in [-0.2, -0.15) is 12.6 Å². The zero-order valence-corrected chi connectivity index (χ0v) is 27.9. The number of Topliss-reactive ketones (excluding diaryl/α,β-unsaturated/α-hetero) is 1. The Hall–Kier alpha value is -2.77. The normalized spacial score (nSPS) is 34.7. The minimum Gasteiger partial charge on any atom is -0.480 e. The fourth-order valence-corrected chi connectivity index (χ4v) is 9.18. The van der Waals surface area contributed by atoms with Crippen molar-refractivity contribution in [3.05, 3.63) is 11.6 Å². The molecule has 0 aliphatic heterocycles. The van der Waals surface area contributed by atoms with E-state index >= 15 is 0 Å². The number of thiol groups is 1. The number of amides is 2. The van der Waals surface area contributed by atoms with Gasteiger partial charge in [0.15, 0.2) is 12.4 Å². The van der Waals surface area contributed by atoms with E-state index in [0.717, 1.165) is 18.4 Å². The summed E-state index contributed by atoms with van der Waals surface area (Å²) < 4.78 is 5.20. The number of hydrogen-bond acceptors (Lipinski definition) is 10. The van der Waals surface area contributed by atoms with Crippen LogP contribution in [0.3, 0.4) is 0 Å². The maximum absolute atomic E-state index is 13.5. The van der Waals surface area contributed by atoms with Crippen LogP contribution in [0.4, 0.5) is 0 Å². The van der Waals surface area contributed by atoms with Crippen molar-refractivity contribution in [3.63, 3.8) is 0 Å². The number of carbonyl (C=O) groups excluding carboxylic acids is 5. The van der Waals surface area contributed by atoms with Gasteiger partial charge in [0.2, 0.25) is 17.6 Å². The smallest absolute Gasteiger partial charge is 0.327 e. The molecule has 4 aliphatic rings. The summed E-state index contributed by atoms with van der Waals surface area (Å²) in [6, 6.07) is -2.27. The number of aliphatic hydroxyl groups is 2. The molecule has 0 unspecified atom stereocenters. The first kappa shape index (κ1) is 36.1. The maximum atomic E-state index is 13.5. The van der Waals surface area contributed by atoms with Crippen molar-refractivity contribution < 1.29 is 48.8 Å². The van der Waals surface area contributed by atoms with Gasteiger partial charge in [0.1, 0.15) is 17.7 Å². The lowest BCUT2D eigenvalue weighted by Crippen LogP contribution is -2.62. The summed E-state index contributed by atoms with van der Waals surface area (Å²) >= 11 is 3.92. The molecule has 2 amide bonds. The van der Waals surface area contributed by atoms with E-state index in [-0.39, 0.29) is 66.3 Å². The van der Waals surface area contributed by atoms with E-state index in [2.05, 4.69) is 30.2 Å². The number of carboxylic acid groups (broad SMARTS) is 1. The second kappa shape index (κ2) is 13.8. The van der Waals surface area contributed by atoms with Gasteiger partial charge < -0.3 is 30.7 Å². The van der Waals surface area contributed by atoms with Crippen LogP contribution in [0.15, 0.2) is 11.6 Å². The Morgan fingerprint density at radius 3 is 2.39 bits per heavy atom. The molecule has 46 heavy (non-hydrogen) atoms. The van der Waals surface area contributed by atoms with Crippen molar-refractivity contribution in [1.29, 1.82) is 0 Å². The largest absolute Gasteiger partial charge is 0.480 e. The fraction of sp³-hybridized carbons (Fsp3) is 0.758. The third-order valence-electron chi connectivity index (χ3n) is 11.5. The van der Waals surface area contributed by atoms with Crippen molar-refractivity contribution in [2.24, 2.45) is 34.5 Å². The first-order valence-electron chi connectivity index (χ1n) is 16.2. The first-order valence-corrected chi connectivity index (χ1v) is 16.9. The Labute approximate surface area is 274 Å². The van der Waals surface area contributed by atoms with Crippen LogP contribution in [0.5, 0.6) is 0 Å². The van der Waals surface area contributed by atoms with Gasteiger partial charge in [0.25, 0.3) is 0 Å². The number of esters is 1. The topological polar surface area (TPSA) is 196 Å². The van der Waals surface area contributed by atoms with E-state index in [1.165, 1.54) is 0 Å². The molecular formula is C33H48N2O10S. The highest BCUT2D eigenvalue weighted by Gasteiger charge is 2.68. The number of carboxylic acids is 1. The number of aliphatic carboxylic acids is 1. The molecule has 3 saturated carbocycles. The van der Waals surface area contributed by atoms with Gasteiger partial charge in [0.05, 0.1) is 12.5 Å². The van der Waals surface area contributed by atoms with E-state index in [0.29, 0.717) is 19.3 Å². The SMILES string of the molecule is CC(C)[C@@H](NC(=O)CCC(=O)OCC(=O)[C@@]1(O)CC[C@H]2[C@@H]3CCC4=CC(=O)CC[C@]4(C)[C@H]3[C@@H](O)C[C@@]21C)C(=O)N[C@@H](CS)C(=O)O. The van der Waals surface area contributed by atoms with Crippen LogP contribution in [0, 0.1) is 34.5 Å². The minimum absolute atomic E-state index is 0.0186. The molecule has 3 fully saturated rings. The second-order valence-corrected chi connectivity index (χ2v) is 14.8. The molecule has 12 nitrogen and oxygen atoms in total. The van der Waals surface area contributed by atoms with Crippen LogP contribution in [0.1, 0.15) is 85.5 Å². The molecule has 0 radical (unpaired) electrons. The number of allylic oxidation sites excluding steroid dienone is 1. The van der Waals surface area contributed by atoms with Gasteiger partial charge in [-0.15, -0.1) is 0 Å². The minimum atomic E-state index is -1.79. The second-order valence-electron chi connectivity index (χ2n) is 14.4. The lowest BCUT2D eigenvalue weighted by molar-refractivity contribution is -0.184. The van der Waals surface area contributed by atoms with Crippen LogP contribution in [-0.4, -0.2) is 86.8 Å². The lowest BCUT2D eigenvalue weighted by Gasteiger charge is -2.60. The number of carbonyl (C=O) groups is 6. The van der Waals surface area contributed by atoms with Gasteiger partial charge in [-0.1, -0.05) is 33.3 Å².